The van der Waals surface area contributed by atoms with E-state index in [-0.39, 0.29) is 16.3 Å². The number of nitrogens with one attached hydrogen (secondary N) is 1. The Hall–Kier alpha value is -2.18. The summed E-state index contributed by atoms with van der Waals surface area (Å²) in [5.74, 6) is -0.0970. The van der Waals surface area contributed by atoms with Crippen LogP contribution in [0, 0.1) is 5.41 Å². The number of thiazole rings is 1. The maximum absolute atomic E-state index is 12.7. The Morgan fingerprint density at radius 2 is 1.77 bits per heavy atom. The van der Waals surface area contributed by atoms with Gasteiger partial charge >= 0.3 is 0 Å². The van der Waals surface area contributed by atoms with Crippen LogP contribution in [0.3, 0.4) is 0 Å². The lowest BCUT2D eigenvalue weighted by molar-refractivity contribution is -0.117. The highest BCUT2D eigenvalue weighted by atomic mass is 32.2. The molecule has 1 N–H and O–H groups in total. The molecular formula is C16H11N3OS2. The molecule has 1 aromatic heterocycles. The summed E-state index contributed by atoms with van der Waals surface area (Å²) in [5, 5.41) is 8.61. The van der Waals surface area contributed by atoms with Crippen molar-refractivity contribution in [3.05, 3.63) is 60.2 Å². The molecule has 0 bridgehead atoms. The van der Waals surface area contributed by atoms with Crippen LogP contribution < -0.4 is 4.90 Å². The largest absolute Gasteiger partial charge is 0.278 e. The molecule has 1 aliphatic rings. The topological polar surface area (TPSA) is 57.1 Å². The number of nitrogens with zero attached hydrogens (tertiary/aromatic N) is 2. The Kier molecular flexibility index (Phi) is 3.20. The first-order valence-corrected chi connectivity index (χ1v) is 8.43. The maximum atomic E-state index is 12.7. The molecule has 0 spiro atoms. The Bertz CT molecular complexity index is 842. The minimum atomic E-state index is -0.360. The van der Waals surface area contributed by atoms with E-state index in [9.17, 15) is 4.79 Å². The second-order valence-corrected chi connectivity index (χ2v) is 6.95. The Morgan fingerprint density at radius 1 is 1.05 bits per heavy atom. The van der Waals surface area contributed by atoms with E-state index in [0.29, 0.717) is 5.13 Å². The zero-order valence-corrected chi connectivity index (χ0v) is 13.0. The number of amidine groups is 1. The van der Waals surface area contributed by atoms with Crippen molar-refractivity contribution in [2.24, 2.45) is 0 Å². The van der Waals surface area contributed by atoms with Gasteiger partial charge in [-0.3, -0.25) is 10.2 Å². The summed E-state index contributed by atoms with van der Waals surface area (Å²) in [6, 6.07) is 17.3. The van der Waals surface area contributed by atoms with Crippen LogP contribution in [-0.2, 0) is 4.79 Å². The van der Waals surface area contributed by atoms with E-state index >= 15 is 0 Å². The van der Waals surface area contributed by atoms with Crippen molar-refractivity contribution in [1.82, 2.24) is 4.98 Å². The molecule has 2 heterocycles. The van der Waals surface area contributed by atoms with Gasteiger partial charge in [0.05, 0.1) is 10.2 Å². The molecule has 0 aliphatic carbocycles. The number of thioether (sulfide) groups is 1. The van der Waals surface area contributed by atoms with Gasteiger partial charge in [0.15, 0.2) is 10.3 Å². The van der Waals surface area contributed by atoms with Gasteiger partial charge in [-0.15, -0.1) is 0 Å². The zero-order valence-electron chi connectivity index (χ0n) is 11.4. The van der Waals surface area contributed by atoms with E-state index in [2.05, 4.69) is 4.98 Å². The summed E-state index contributed by atoms with van der Waals surface area (Å²) in [6.07, 6.45) is 0. The summed E-state index contributed by atoms with van der Waals surface area (Å²) < 4.78 is 1.02. The summed E-state index contributed by atoms with van der Waals surface area (Å²) in [4.78, 5) is 18.6. The van der Waals surface area contributed by atoms with Gasteiger partial charge < -0.3 is 0 Å². The van der Waals surface area contributed by atoms with Crippen molar-refractivity contribution in [2.45, 2.75) is 5.25 Å². The van der Waals surface area contributed by atoms with Crippen molar-refractivity contribution < 1.29 is 4.79 Å². The lowest BCUT2D eigenvalue weighted by atomic mass is 10.1. The number of fused-ring (bicyclic) bond motifs is 1. The molecule has 6 heteroatoms. The van der Waals surface area contributed by atoms with Gasteiger partial charge in [-0.1, -0.05) is 65.6 Å². The van der Waals surface area contributed by atoms with Crippen molar-refractivity contribution in [1.29, 1.82) is 5.41 Å². The number of carbonyl (C=O) groups excluding carboxylic acids is 1. The molecule has 4 rings (SSSR count). The molecule has 0 radical (unpaired) electrons. The molecule has 4 nitrogen and oxygen atoms in total. The number of rotatable bonds is 2. The SMILES string of the molecule is N=C1S[C@@H](c2ccccc2)C(=O)N1c1nc2ccccc2s1. The average molecular weight is 325 g/mol. The molecular weight excluding hydrogens is 314 g/mol. The van der Waals surface area contributed by atoms with Gasteiger partial charge in [0.2, 0.25) is 0 Å². The smallest absolute Gasteiger partial charge is 0.253 e. The van der Waals surface area contributed by atoms with Gasteiger partial charge in [0.25, 0.3) is 5.91 Å². The molecule has 1 atom stereocenters. The first-order valence-electron chi connectivity index (χ1n) is 6.74. The van der Waals surface area contributed by atoms with Crippen LogP contribution >= 0.6 is 23.1 Å². The van der Waals surface area contributed by atoms with E-state index < -0.39 is 0 Å². The lowest BCUT2D eigenvalue weighted by Crippen LogP contribution is -2.29. The van der Waals surface area contributed by atoms with E-state index in [0.717, 1.165) is 15.8 Å². The predicted octanol–water partition coefficient (Wildman–Crippen LogP) is 4.05. The average Bonchev–Trinajstić information content (AvgIpc) is 3.08. The Labute approximate surface area is 135 Å². The molecule has 22 heavy (non-hydrogen) atoms. The van der Waals surface area contributed by atoms with Gasteiger partial charge in [-0.25, -0.2) is 9.88 Å². The molecule has 1 aliphatic heterocycles. The summed E-state index contributed by atoms with van der Waals surface area (Å²) in [7, 11) is 0. The van der Waals surface area contributed by atoms with Crippen molar-refractivity contribution in [3.8, 4) is 0 Å². The summed E-state index contributed by atoms with van der Waals surface area (Å²) in [6.45, 7) is 0. The Balaban J connectivity index is 1.73. The fraction of sp³-hybridized carbons (Fsp3) is 0.0625. The fourth-order valence-electron chi connectivity index (χ4n) is 2.41. The standard InChI is InChI=1S/C16H11N3OS2/c17-15-19(16-18-11-8-4-5-9-12(11)21-16)14(20)13(22-15)10-6-2-1-3-7-10/h1-9,13,17H/t13-/m0/s1. The first-order chi connectivity index (χ1) is 10.7. The highest BCUT2D eigenvalue weighted by Crippen LogP contribution is 2.42. The molecule has 2 aromatic carbocycles. The summed E-state index contributed by atoms with van der Waals surface area (Å²) in [5.41, 5.74) is 1.78. The highest BCUT2D eigenvalue weighted by molar-refractivity contribution is 8.15. The quantitative estimate of drug-likeness (QED) is 0.773. The van der Waals surface area contributed by atoms with Gasteiger partial charge in [-0.05, 0) is 17.7 Å². The third kappa shape index (κ3) is 2.12. The second-order valence-electron chi connectivity index (χ2n) is 4.85. The normalized spacial score (nSPS) is 18.4. The fourth-order valence-corrected chi connectivity index (χ4v) is 4.45. The van der Waals surface area contributed by atoms with E-state index in [1.165, 1.54) is 28.0 Å². The minimum absolute atomic E-state index is 0.0970. The second kappa shape index (κ2) is 5.23. The number of amides is 1. The molecule has 108 valence electrons. The number of aromatic nitrogens is 1. The predicted molar refractivity (Wildman–Crippen MR) is 91.6 cm³/mol. The van der Waals surface area contributed by atoms with E-state index in [1.54, 1.807) is 0 Å². The van der Waals surface area contributed by atoms with E-state index in [1.807, 2.05) is 54.6 Å². The zero-order chi connectivity index (χ0) is 15.1. The van der Waals surface area contributed by atoms with Crippen LogP contribution in [0.5, 0.6) is 0 Å². The number of para-hydroxylation sites is 1. The van der Waals surface area contributed by atoms with Gasteiger partial charge in [0, 0.05) is 0 Å². The van der Waals surface area contributed by atoms with Crippen LogP contribution in [0.4, 0.5) is 5.13 Å². The molecule has 1 saturated heterocycles. The third-order valence-electron chi connectivity index (χ3n) is 3.45. The van der Waals surface area contributed by atoms with Crippen LogP contribution in [0.2, 0.25) is 0 Å². The third-order valence-corrected chi connectivity index (χ3v) is 5.59. The van der Waals surface area contributed by atoms with Gasteiger partial charge in [-0.2, -0.15) is 0 Å². The number of benzene rings is 2. The Morgan fingerprint density at radius 3 is 2.55 bits per heavy atom. The van der Waals surface area contributed by atoms with E-state index in [4.69, 9.17) is 5.41 Å². The summed E-state index contributed by atoms with van der Waals surface area (Å²) >= 11 is 2.71. The molecule has 1 fully saturated rings. The van der Waals surface area contributed by atoms with Crippen molar-refractivity contribution in [3.63, 3.8) is 0 Å². The van der Waals surface area contributed by atoms with Crippen LogP contribution in [0.1, 0.15) is 10.8 Å². The van der Waals surface area contributed by atoms with Crippen LogP contribution in [0.25, 0.3) is 10.2 Å². The first kappa shape index (κ1) is 13.5. The van der Waals surface area contributed by atoms with Crippen LogP contribution in [-0.4, -0.2) is 16.1 Å². The maximum Gasteiger partial charge on any atom is 0.253 e. The van der Waals surface area contributed by atoms with Crippen molar-refractivity contribution >= 4 is 49.5 Å². The molecule has 1 amide bonds. The van der Waals surface area contributed by atoms with Crippen molar-refractivity contribution in [2.75, 3.05) is 4.90 Å². The number of carbonyl (C=O) groups is 1. The number of hydrogen-bond acceptors (Lipinski definition) is 5. The minimum Gasteiger partial charge on any atom is -0.278 e. The molecule has 3 aromatic rings. The molecule has 0 unspecified atom stereocenters. The molecule has 0 saturated carbocycles. The van der Waals surface area contributed by atoms with Crippen LogP contribution in [0.15, 0.2) is 54.6 Å². The van der Waals surface area contributed by atoms with Gasteiger partial charge in [0.1, 0.15) is 5.25 Å². The monoisotopic (exact) mass is 325 g/mol. The number of anilines is 1. The lowest BCUT2D eigenvalue weighted by Gasteiger charge is -2.11. The highest BCUT2D eigenvalue weighted by Gasteiger charge is 2.40. The number of hydrogen-bond donors (Lipinski definition) is 1.